The number of rotatable bonds is 3. The van der Waals surface area contributed by atoms with Crippen molar-refractivity contribution in [3.05, 3.63) is 47.4 Å². The third kappa shape index (κ3) is 3.16. The standard InChI is InChI=1S/C19H22N6O.ClH/c1-24-11-10-20-12-16(24)18-21-19(26-23-18)17-14-8-5-9-15(14)25(22-17)13-6-3-2-4-7-13;/h2-4,6-7,16,20H,5,8-12H2,1H3;1H. The summed E-state index contributed by atoms with van der Waals surface area (Å²) in [6.45, 7) is 2.81. The van der Waals surface area contributed by atoms with Gasteiger partial charge in [0.1, 0.15) is 0 Å². The van der Waals surface area contributed by atoms with E-state index in [1.54, 1.807) is 0 Å². The lowest BCUT2D eigenvalue weighted by Gasteiger charge is -2.30. The van der Waals surface area contributed by atoms with Gasteiger partial charge in [0.25, 0.3) is 5.89 Å². The van der Waals surface area contributed by atoms with Crippen LogP contribution in [0.3, 0.4) is 0 Å². The van der Waals surface area contributed by atoms with E-state index in [-0.39, 0.29) is 18.4 Å². The van der Waals surface area contributed by atoms with Crippen molar-refractivity contribution in [2.75, 3.05) is 26.7 Å². The molecule has 3 aromatic rings. The molecule has 1 saturated heterocycles. The summed E-state index contributed by atoms with van der Waals surface area (Å²) in [6, 6.07) is 10.4. The molecule has 1 aromatic carbocycles. The van der Waals surface area contributed by atoms with Crippen LogP contribution in [-0.2, 0) is 12.8 Å². The molecule has 8 heteroatoms. The van der Waals surface area contributed by atoms with E-state index in [1.165, 1.54) is 11.3 Å². The van der Waals surface area contributed by atoms with Crippen molar-refractivity contribution in [1.29, 1.82) is 0 Å². The number of aromatic nitrogens is 4. The summed E-state index contributed by atoms with van der Waals surface area (Å²) >= 11 is 0. The predicted molar refractivity (Wildman–Crippen MR) is 104 cm³/mol. The minimum atomic E-state index is 0. The van der Waals surface area contributed by atoms with E-state index in [0.29, 0.717) is 5.89 Å². The first kappa shape index (κ1) is 18.2. The van der Waals surface area contributed by atoms with Crippen molar-refractivity contribution in [2.24, 2.45) is 0 Å². The molecule has 0 amide bonds. The number of fused-ring (bicyclic) bond motifs is 1. The zero-order chi connectivity index (χ0) is 17.5. The summed E-state index contributed by atoms with van der Waals surface area (Å²) in [4.78, 5) is 6.97. The molecule has 3 heterocycles. The van der Waals surface area contributed by atoms with Gasteiger partial charge in [-0.2, -0.15) is 10.1 Å². The number of hydrogen-bond acceptors (Lipinski definition) is 6. The maximum atomic E-state index is 5.64. The number of nitrogens with zero attached hydrogens (tertiary/aromatic N) is 5. The minimum absolute atomic E-state index is 0. The number of likely N-dealkylation sites (N-methyl/N-ethyl adjacent to an activating group) is 1. The number of para-hydroxylation sites is 1. The van der Waals surface area contributed by atoms with Crippen LogP contribution < -0.4 is 5.32 Å². The van der Waals surface area contributed by atoms with Crippen LogP contribution in [0.2, 0.25) is 0 Å². The second-order valence-electron chi connectivity index (χ2n) is 7.03. The fourth-order valence-corrected chi connectivity index (χ4v) is 3.95. The average molecular weight is 387 g/mol. The van der Waals surface area contributed by atoms with Gasteiger partial charge in [0, 0.05) is 30.9 Å². The van der Waals surface area contributed by atoms with Gasteiger partial charge in [-0.3, -0.25) is 4.90 Å². The fourth-order valence-electron chi connectivity index (χ4n) is 3.95. The third-order valence-electron chi connectivity index (χ3n) is 5.38. The molecule has 1 N–H and O–H groups in total. The minimum Gasteiger partial charge on any atom is -0.332 e. The van der Waals surface area contributed by atoms with Crippen LogP contribution in [0.25, 0.3) is 17.3 Å². The summed E-state index contributed by atoms with van der Waals surface area (Å²) in [7, 11) is 2.10. The lowest BCUT2D eigenvalue weighted by atomic mass is 10.2. The maximum absolute atomic E-state index is 5.64. The topological polar surface area (TPSA) is 72.0 Å². The Morgan fingerprint density at radius 2 is 2.04 bits per heavy atom. The van der Waals surface area contributed by atoms with Crippen LogP contribution in [0.1, 0.15) is 29.5 Å². The zero-order valence-electron chi connectivity index (χ0n) is 15.3. The SMILES string of the molecule is CN1CCNCC1c1noc(-c2nn(-c3ccccc3)c3c2CCC3)n1.Cl. The maximum Gasteiger partial charge on any atom is 0.278 e. The van der Waals surface area contributed by atoms with Crippen LogP contribution in [0.15, 0.2) is 34.9 Å². The number of halogens is 1. The molecule has 0 spiro atoms. The number of piperazine rings is 1. The van der Waals surface area contributed by atoms with Crippen molar-refractivity contribution >= 4 is 12.4 Å². The zero-order valence-corrected chi connectivity index (χ0v) is 16.1. The molecule has 1 aliphatic heterocycles. The molecule has 142 valence electrons. The van der Waals surface area contributed by atoms with E-state index in [4.69, 9.17) is 14.6 Å². The average Bonchev–Trinajstić information content (AvgIpc) is 3.39. The van der Waals surface area contributed by atoms with Crippen LogP contribution in [0.5, 0.6) is 0 Å². The highest BCUT2D eigenvalue weighted by molar-refractivity contribution is 5.85. The molecule has 2 aromatic heterocycles. The van der Waals surface area contributed by atoms with E-state index in [9.17, 15) is 0 Å². The van der Waals surface area contributed by atoms with Crippen LogP contribution in [0.4, 0.5) is 0 Å². The van der Waals surface area contributed by atoms with E-state index >= 15 is 0 Å². The summed E-state index contributed by atoms with van der Waals surface area (Å²) < 4.78 is 7.67. The van der Waals surface area contributed by atoms with E-state index < -0.39 is 0 Å². The summed E-state index contributed by atoms with van der Waals surface area (Å²) in [5, 5.41) is 12.5. The predicted octanol–water partition coefficient (Wildman–Crippen LogP) is 2.41. The van der Waals surface area contributed by atoms with Crippen LogP contribution >= 0.6 is 12.4 Å². The highest BCUT2D eigenvalue weighted by Gasteiger charge is 2.30. The molecule has 1 atom stereocenters. The molecular weight excluding hydrogens is 364 g/mol. The van der Waals surface area contributed by atoms with Crippen molar-refractivity contribution < 1.29 is 4.52 Å². The smallest absolute Gasteiger partial charge is 0.278 e. The quantitative estimate of drug-likeness (QED) is 0.745. The van der Waals surface area contributed by atoms with E-state index in [0.717, 1.165) is 56.1 Å². The fraction of sp³-hybridized carbons (Fsp3) is 0.421. The Morgan fingerprint density at radius 3 is 2.85 bits per heavy atom. The van der Waals surface area contributed by atoms with Crippen LogP contribution in [0, 0.1) is 0 Å². The molecule has 1 aliphatic carbocycles. The first-order chi connectivity index (χ1) is 12.8. The molecule has 0 saturated carbocycles. The largest absolute Gasteiger partial charge is 0.332 e. The van der Waals surface area contributed by atoms with Gasteiger partial charge in [-0.25, -0.2) is 4.68 Å². The van der Waals surface area contributed by atoms with Gasteiger partial charge in [0.05, 0.1) is 11.7 Å². The second-order valence-corrected chi connectivity index (χ2v) is 7.03. The van der Waals surface area contributed by atoms with Gasteiger partial charge in [-0.1, -0.05) is 23.4 Å². The summed E-state index contributed by atoms with van der Waals surface area (Å²) in [5.41, 5.74) is 4.43. The van der Waals surface area contributed by atoms with Crippen molar-refractivity contribution in [3.8, 4) is 17.3 Å². The lowest BCUT2D eigenvalue weighted by Crippen LogP contribution is -2.44. The van der Waals surface area contributed by atoms with Crippen molar-refractivity contribution in [2.45, 2.75) is 25.3 Å². The van der Waals surface area contributed by atoms with E-state index in [1.807, 2.05) is 22.9 Å². The van der Waals surface area contributed by atoms with Gasteiger partial charge in [0.2, 0.25) is 0 Å². The molecule has 0 bridgehead atoms. The highest BCUT2D eigenvalue weighted by atomic mass is 35.5. The third-order valence-corrected chi connectivity index (χ3v) is 5.38. The van der Waals surface area contributed by atoms with Gasteiger partial charge >= 0.3 is 0 Å². The Labute approximate surface area is 164 Å². The van der Waals surface area contributed by atoms with E-state index in [2.05, 4.69) is 34.6 Å². The van der Waals surface area contributed by atoms with Gasteiger partial charge < -0.3 is 9.84 Å². The first-order valence-corrected chi connectivity index (χ1v) is 9.22. The Balaban J connectivity index is 0.00000180. The molecule has 0 radical (unpaired) electrons. The Kier molecular flexibility index (Phi) is 4.99. The first-order valence-electron chi connectivity index (χ1n) is 9.22. The molecule has 5 rings (SSSR count). The number of hydrogen-bond donors (Lipinski definition) is 1. The Morgan fingerprint density at radius 1 is 1.19 bits per heavy atom. The molecule has 2 aliphatic rings. The summed E-state index contributed by atoms with van der Waals surface area (Å²) in [6.07, 6.45) is 3.19. The highest BCUT2D eigenvalue weighted by Crippen LogP contribution is 2.33. The molecule has 1 unspecified atom stereocenters. The molecule has 27 heavy (non-hydrogen) atoms. The number of nitrogens with one attached hydrogen (secondary N) is 1. The normalized spacial score (nSPS) is 19.7. The Hall–Kier alpha value is -2.22. The monoisotopic (exact) mass is 386 g/mol. The summed E-state index contributed by atoms with van der Waals surface area (Å²) in [5.74, 6) is 1.27. The van der Waals surface area contributed by atoms with Crippen molar-refractivity contribution in [1.82, 2.24) is 30.1 Å². The van der Waals surface area contributed by atoms with Gasteiger partial charge in [-0.05, 0) is 38.4 Å². The second kappa shape index (κ2) is 7.42. The van der Waals surface area contributed by atoms with Gasteiger partial charge in [-0.15, -0.1) is 12.4 Å². The van der Waals surface area contributed by atoms with Crippen LogP contribution in [-0.4, -0.2) is 51.5 Å². The molecule has 7 nitrogen and oxygen atoms in total. The lowest BCUT2D eigenvalue weighted by molar-refractivity contribution is 0.190. The molecule has 1 fully saturated rings. The Bertz CT molecular complexity index is 922. The van der Waals surface area contributed by atoms with Crippen molar-refractivity contribution in [3.63, 3.8) is 0 Å². The van der Waals surface area contributed by atoms with Gasteiger partial charge in [0.15, 0.2) is 11.5 Å². The number of benzene rings is 1. The molecular formula is C19H23ClN6O.